The van der Waals surface area contributed by atoms with Crippen molar-refractivity contribution in [2.24, 2.45) is 0 Å². The largest absolute Gasteiger partial charge is 0.485 e. The van der Waals surface area contributed by atoms with Gasteiger partial charge in [0, 0.05) is 18.6 Å². The monoisotopic (exact) mass is 610 g/mol. The van der Waals surface area contributed by atoms with Crippen LogP contribution in [0.5, 0.6) is 11.6 Å². The fourth-order valence-corrected chi connectivity index (χ4v) is 5.74. The number of ether oxygens (including phenoxy) is 3. The van der Waals surface area contributed by atoms with Gasteiger partial charge in [-0.15, -0.1) is 10.2 Å². The molecule has 1 aliphatic heterocycles. The van der Waals surface area contributed by atoms with Crippen LogP contribution in [-0.2, 0) is 14.8 Å². The van der Waals surface area contributed by atoms with E-state index in [4.69, 9.17) is 25.8 Å². The normalized spacial score (nSPS) is 15.9. The average molecular weight is 611 g/mol. The van der Waals surface area contributed by atoms with Crippen molar-refractivity contribution >= 4 is 27.6 Å². The molecule has 0 radical (unpaired) electrons. The van der Waals surface area contributed by atoms with Crippen LogP contribution in [0.1, 0.15) is 49.9 Å². The van der Waals surface area contributed by atoms with Crippen LogP contribution in [0.2, 0.25) is 5.02 Å². The molecule has 1 aliphatic rings. The molecule has 15 heteroatoms. The van der Waals surface area contributed by atoms with Crippen LogP contribution in [0.15, 0.2) is 48.9 Å². The van der Waals surface area contributed by atoms with E-state index in [0.29, 0.717) is 33.3 Å². The lowest BCUT2D eigenvalue weighted by atomic mass is 10.0. The van der Waals surface area contributed by atoms with E-state index in [-0.39, 0.29) is 30.4 Å². The highest BCUT2D eigenvalue weighted by atomic mass is 35.5. The first-order valence-electron chi connectivity index (χ1n) is 12.9. The van der Waals surface area contributed by atoms with Crippen molar-refractivity contribution in [1.29, 1.82) is 5.26 Å². The zero-order chi connectivity index (χ0) is 30.0. The van der Waals surface area contributed by atoms with Crippen molar-refractivity contribution in [3.63, 3.8) is 0 Å². The number of pyridine rings is 1. The van der Waals surface area contributed by atoms with E-state index in [1.54, 1.807) is 42.7 Å². The van der Waals surface area contributed by atoms with Gasteiger partial charge in [0.2, 0.25) is 16.0 Å². The molecule has 0 amide bonds. The number of hydrogen-bond donors (Lipinski definition) is 1. The predicted octanol–water partition coefficient (Wildman–Crippen LogP) is 3.94. The molecule has 3 aromatic heterocycles. The number of sulfonamides is 1. The van der Waals surface area contributed by atoms with Crippen LogP contribution in [0.3, 0.4) is 0 Å². The molecular formula is C27H27ClN8O5S. The van der Waals surface area contributed by atoms with E-state index in [1.807, 2.05) is 6.07 Å². The Morgan fingerprint density at radius 1 is 1.17 bits per heavy atom. The molecule has 0 saturated carbocycles. The topological polar surface area (TPSA) is 167 Å². The summed E-state index contributed by atoms with van der Waals surface area (Å²) in [4.78, 5) is 12.6. The Labute approximate surface area is 247 Å². The first-order chi connectivity index (χ1) is 20.1. The molecule has 0 saturated heterocycles. The second-order valence-electron chi connectivity index (χ2n) is 9.70. The highest BCUT2D eigenvalue weighted by molar-refractivity contribution is 7.93. The van der Waals surface area contributed by atoms with E-state index < -0.39 is 27.4 Å². The highest BCUT2D eigenvalue weighted by Crippen LogP contribution is 2.42. The summed E-state index contributed by atoms with van der Waals surface area (Å²) >= 11 is 5.95. The van der Waals surface area contributed by atoms with Crippen LogP contribution in [0, 0.1) is 11.3 Å². The van der Waals surface area contributed by atoms with E-state index in [0.717, 1.165) is 0 Å². The number of rotatable bonds is 9. The summed E-state index contributed by atoms with van der Waals surface area (Å²) in [5.74, 6) is 0.995. The highest BCUT2D eigenvalue weighted by Gasteiger charge is 2.37. The standard InChI is InChI=1S/C27H27ClN8O5S/c1-15(2)41-22(24-31-12-19(28)13-32-24)16(3)42(37,38)35-27-34-33-25-20-8-9-30-26(39-4)23(20)40-14-21(36(25)27)18-7-5-6-17(10-18)11-29/h5-10,12-13,15-16,21-22H,14H2,1-4H3,(H,34,35)/t16-,21-,22+/m0/s1. The Hall–Kier alpha value is -4.32. The van der Waals surface area contributed by atoms with Crippen LogP contribution in [-0.4, -0.2) is 63.2 Å². The molecule has 5 rings (SSSR count). The number of hydrogen-bond acceptors (Lipinski definition) is 11. The van der Waals surface area contributed by atoms with Crippen molar-refractivity contribution in [1.82, 2.24) is 29.7 Å². The molecule has 42 heavy (non-hydrogen) atoms. The molecular weight excluding hydrogens is 584 g/mol. The van der Waals surface area contributed by atoms with Gasteiger partial charge in [-0.25, -0.2) is 23.4 Å². The molecule has 1 N–H and O–H groups in total. The van der Waals surface area contributed by atoms with E-state index in [1.165, 1.54) is 32.6 Å². The van der Waals surface area contributed by atoms with Gasteiger partial charge < -0.3 is 14.2 Å². The molecule has 3 atom stereocenters. The summed E-state index contributed by atoms with van der Waals surface area (Å²) in [5.41, 5.74) is 1.61. The van der Waals surface area contributed by atoms with Gasteiger partial charge in [-0.2, -0.15) is 5.26 Å². The van der Waals surface area contributed by atoms with Crippen LogP contribution >= 0.6 is 11.6 Å². The third kappa shape index (κ3) is 5.71. The summed E-state index contributed by atoms with van der Waals surface area (Å²) in [6.07, 6.45) is 2.94. The number of halogens is 1. The summed E-state index contributed by atoms with van der Waals surface area (Å²) in [6, 6.07) is 10.1. The van der Waals surface area contributed by atoms with Gasteiger partial charge in [0.25, 0.3) is 5.88 Å². The van der Waals surface area contributed by atoms with Gasteiger partial charge in [-0.1, -0.05) is 23.7 Å². The van der Waals surface area contributed by atoms with Crippen molar-refractivity contribution < 1.29 is 22.6 Å². The van der Waals surface area contributed by atoms with E-state index in [2.05, 4.69) is 35.9 Å². The first kappa shape index (κ1) is 29.2. The minimum atomic E-state index is -4.18. The first-order valence-corrected chi connectivity index (χ1v) is 14.8. The van der Waals surface area contributed by atoms with Gasteiger partial charge in [0.15, 0.2) is 17.4 Å². The van der Waals surface area contributed by atoms with E-state index in [9.17, 15) is 13.7 Å². The lowest BCUT2D eigenvalue weighted by Crippen LogP contribution is -2.35. The second kappa shape index (κ2) is 11.9. The molecule has 218 valence electrons. The Balaban J connectivity index is 1.60. The maximum atomic E-state index is 13.9. The van der Waals surface area contributed by atoms with Crippen molar-refractivity contribution in [2.45, 2.75) is 44.3 Å². The Kier molecular flexibility index (Phi) is 8.26. The van der Waals surface area contributed by atoms with Crippen LogP contribution in [0.25, 0.3) is 11.4 Å². The number of anilines is 1. The fourth-order valence-electron chi connectivity index (χ4n) is 4.55. The predicted molar refractivity (Wildman–Crippen MR) is 153 cm³/mol. The van der Waals surface area contributed by atoms with Gasteiger partial charge in [0.05, 0.1) is 41.5 Å². The van der Waals surface area contributed by atoms with Gasteiger partial charge >= 0.3 is 0 Å². The lowest BCUT2D eigenvalue weighted by molar-refractivity contribution is 0.00154. The molecule has 4 heterocycles. The van der Waals surface area contributed by atoms with Crippen molar-refractivity contribution in [3.8, 4) is 29.1 Å². The Morgan fingerprint density at radius 2 is 1.93 bits per heavy atom. The number of nitrogens with one attached hydrogen (secondary N) is 1. The Morgan fingerprint density at radius 3 is 2.62 bits per heavy atom. The quantitative estimate of drug-likeness (QED) is 0.291. The van der Waals surface area contributed by atoms with Crippen molar-refractivity contribution in [2.75, 3.05) is 18.4 Å². The third-order valence-corrected chi connectivity index (χ3v) is 8.45. The van der Waals surface area contributed by atoms with Crippen LogP contribution < -0.4 is 14.2 Å². The van der Waals surface area contributed by atoms with Crippen molar-refractivity contribution in [3.05, 3.63) is 70.9 Å². The molecule has 0 fully saturated rings. The maximum Gasteiger partial charge on any atom is 0.257 e. The Bertz CT molecular complexity index is 1740. The number of nitrogens with zero attached hydrogens (tertiary/aromatic N) is 7. The number of nitriles is 1. The molecule has 4 aromatic rings. The number of benzene rings is 1. The molecule has 0 bridgehead atoms. The van der Waals surface area contributed by atoms with E-state index >= 15 is 0 Å². The molecule has 13 nitrogen and oxygen atoms in total. The molecule has 0 aliphatic carbocycles. The SMILES string of the molecule is COc1nccc2c1OC[C@@H](c1cccc(C#N)c1)n1c(NS(=O)(=O)[C@@H](C)[C@@H](OC(C)C)c3ncc(Cl)cn3)nnc1-2. The zero-order valence-electron chi connectivity index (χ0n) is 23.1. The minimum Gasteiger partial charge on any atom is -0.485 e. The van der Waals surface area contributed by atoms with Gasteiger partial charge in [-0.05, 0) is 44.5 Å². The lowest BCUT2D eigenvalue weighted by Gasteiger charge is -2.26. The second-order valence-corrected chi connectivity index (χ2v) is 12.2. The van der Waals surface area contributed by atoms with Gasteiger partial charge in [0.1, 0.15) is 18.0 Å². The van der Waals surface area contributed by atoms with Gasteiger partial charge in [-0.3, -0.25) is 9.29 Å². The zero-order valence-corrected chi connectivity index (χ0v) is 24.7. The summed E-state index contributed by atoms with van der Waals surface area (Å²) < 4.78 is 49.5. The fraction of sp³-hybridized carbons (Fsp3) is 0.333. The third-order valence-electron chi connectivity index (χ3n) is 6.56. The number of methoxy groups -OCH3 is 1. The minimum absolute atomic E-state index is 0.0386. The summed E-state index contributed by atoms with van der Waals surface area (Å²) in [5, 5.41) is 17.2. The number of aromatic nitrogens is 6. The molecule has 1 aromatic carbocycles. The smallest absolute Gasteiger partial charge is 0.257 e. The average Bonchev–Trinajstić information content (AvgIpc) is 3.29. The summed E-state index contributed by atoms with van der Waals surface area (Å²) in [6.45, 7) is 5.11. The molecule has 0 spiro atoms. The van der Waals surface area contributed by atoms with Crippen LogP contribution in [0.4, 0.5) is 5.95 Å². The summed E-state index contributed by atoms with van der Waals surface area (Å²) in [7, 11) is -2.71. The molecule has 0 unspecified atom stereocenters. The number of fused-ring (bicyclic) bond motifs is 3. The maximum absolute atomic E-state index is 13.9.